The molecule has 0 spiro atoms. The van der Waals surface area contributed by atoms with Gasteiger partial charge in [-0.2, -0.15) is 0 Å². The Labute approximate surface area is 124 Å². The SMILES string of the molecule is CC(CO)(Nc1cccc(Br)c1)c1ccc(F)cc1F. The maximum absolute atomic E-state index is 13.9. The summed E-state index contributed by atoms with van der Waals surface area (Å²) in [4.78, 5) is 0. The molecule has 0 fully saturated rings. The molecule has 0 aliphatic carbocycles. The third-order valence-corrected chi connectivity index (χ3v) is 3.58. The van der Waals surface area contributed by atoms with E-state index in [1.54, 1.807) is 13.0 Å². The Balaban J connectivity index is 2.38. The Morgan fingerprint density at radius 3 is 2.55 bits per heavy atom. The Morgan fingerprint density at radius 1 is 1.20 bits per heavy atom. The zero-order valence-corrected chi connectivity index (χ0v) is 12.4. The van der Waals surface area contributed by atoms with Gasteiger partial charge in [0.1, 0.15) is 11.6 Å². The topological polar surface area (TPSA) is 32.3 Å². The van der Waals surface area contributed by atoms with E-state index >= 15 is 0 Å². The number of nitrogens with one attached hydrogen (secondary N) is 1. The van der Waals surface area contributed by atoms with Gasteiger partial charge in [0.15, 0.2) is 0 Å². The summed E-state index contributed by atoms with van der Waals surface area (Å²) in [5.74, 6) is -1.34. The highest BCUT2D eigenvalue weighted by Gasteiger charge is 2.29. The lowest BCUT2D eigenvalue weighted by molar-refractivity contribution is 0.220. The smallest absolute Gasteiger partial charge is 0.131 e. The molecule has 0 aliphatic rings. The van der Waals surface area contributed by atoms with Gasteiger partial charge >= 0.3 is 0 Å². The Kier molecular flexibility index (Phi) is 4.40. The highest BCUT2D eigenvalue weighted by Crippen LogP contribution is 2.29. The number of anilines is 1. The zero-order valence-electron chi connectivity index (χ0n) is 10.8. The Hall–Kier alpha value is -1.46. The van der Waals surface area contributed by atoms with Crippen LogP contribution >= 0.6 is 15.9 Å². The van der Waals surface area contributed by atoms with E-state index in [0.29, 0.717) is 0 Å². The van der Waals surface area contributed by atoms with Gasteiger partial charge in [0.25, 0.3) is 0 Å². The summed E-state index contributed by atoms with van der Waals surface area (Å²) in [7, 11) is 0. The molecule has 0 amide bonds. The van der Waals surface area contributed by atoms with Crippen LogP contribution in [0.5, 0.6) is 0 Å². The van der Waals surface area contributed by atoms with E-state index in [2.05, 4.69) is 21.2 Å². The minimum Gasteiger partial charge on any atom is -0.394 e. The summed E-state index contributed by atoms with van der Waals surface area (Å²) in [6.07, 6.45) is 0. The quantitative estimate of drug-likeness (QED) is 0.879. The molecule has 0 radical (unpaired) electrons. The van der Waals surface area contributed by atoms with Crippen molar-refractivity contribution < 1.29 is 13.9 Å². The van der Waals surface area contributed by atoms with Crippen molar-refractivity contribution >= 4 is 21.6 Å². The van der Waals surface area contributed by atoms with Gasteiger partial charge in [-0.15, -0.1) is 0 Å². The molecule has 2 aromatic rings. The first-order valence-corrected chi connectivity index (χ1v) is 6.84. The molecule has 0 saturated carbocycles. The Morgan fingerprint density at radius 2 is 1.95 bits per heavy atom. The van der Waals surface area contributed by atoms with Gasteiger partial charge < -0.3 is 10.4 Å². The van der Waals surface area contributed by atoms with E-state index in [0.717, 1.165) is 16.2 Å². The van der Waals surface area contributed by atoms with Crippen molar-refractivity contribution in [1.29, 1.82) is 0 Å². The first-order chi connectivity index (χ1) is 9.44. The summed E-state index contributed by atoms with van der Waals surface area (Å²) in [6.45, 7) is 1.33. The fraction of sp³-hybridized carbons (Fsp3) is 0.200. The van der Waals surface area contributed by atoms with Crippen molar-refractivity contribution in [1.82, 2.24) is 0 Å². The van der Waals surface area contributed by atoms with Crippen LogP contribution in [0.3, 0.4) is 0 Å². The second kappa shape index (κ2) is 5.89. The van der Waals surface area contributed by atoms with Crippen molar-refractivity contribution in [3.05, 3.63) is 64.1 Å². The fourth-order valence-corrected chi connectivity index (χ4v) is 2.41. The molecule has 20 heavy (non-hydrogen) atoms. The van der Waals surface area contributed by atoms with Gasteiger partial charge in [0.05, 0.1) is 12.1 Å². The van der Waals surface area contributed by atoms with E-state index < -0.39 is 17.2 Å². The number of rotatable bonds is 4. The normalized spacial score (nSPS) is 13.8. The van der Waals surface area contributed by atoms with Gasteiger partial charge in [-0.05, 0) is 31.2 Å². The molecule has 0 aromatic heterocycles. The highest BCUT2D eigenvalue weighted by atomic mass is 79.9. The number of hydrogen-bond acceptors (Lipinski definition) is 2. The lowest BCUT2D eigenvalue weighted by Gasteiger charge is -2.31. The summed E-state index contributed by atoms with van der Waals surface area (Å²) in [5, 5.41) is 12.7. The number of aliphatic hydroxyl groups excluding tert-OH is 1. The molecule has 0 aliphatic heterocycles. The van der Waals surface area contributed by atoms with Crippen LogP contribution in [0.4, 0.5) is 14.5 Å². The summed E-state index contributed by atoms with van der Waals surface area (Å²) in [6, 6.07) is 10.6. The fourth-order valence-electron chi connectivity index (χ4n) is 2.01. The largest absolute Gasteiger partial charge is 0.394 e. The van der Waals surface area contributed by atoms with Crippen molar-refractivity contribution in [3.63, 3.8) is 0 Å². The Bertz CT molecular complexity index is 621. The van der Waals surface area contributed by atoms with E-state index in [1.165, 1.54) is 12.1 Å². The molecule has 0 heterocycles. The first-order valence-electron chi connectivity index (χ1n) is 6.05. The van der Waals surface area contributed by atoms with Gasteiger partial charge in [0.2, 0.25) is 0 Å². The van der Waals surface area contributed by atoms with Gasteiger partial charge in [-0.25, -0.2) is 8.78 Å². The highest BCUT2D eigenvalue weighted by molar-refractivity contribution is 9.10. The second-order valence-corrected chi connectivity index (χ2v) is 5.67. The molecule has 0 saturated heterocycles. The standard InChI is InChI=1S/C15H14BrF2NO/c1-15(9-20,13-6-5-11(17)8-14(13)18)19-12-4-2-3-10(16)7-12/h2-8,19-20H,9H2,1H3. The molecule has 2 nitrogen and oxygen atoms in total. The monoisotopic (exact) mass is 341 g/mol. The van der Waals surface area contributed by atoms with Gasteiger partial charge in [0, 0.05) is 21.8 Å². The van der Waals surface area contributed by atoms with Gasteiger partial charge in [-0.3, -0.25) is 0 Å². The average molecular weight is 342 g/mol. The molecular weight excluding hydrogens is 328 g/mol. The molecule has 106 valence electrons. The average Bonchev–Trinajstić information content (AvgIpc) is 2.38. The summed E-state index contributed by atoms with van der Waals surface area (Å²) in [5.41, 5.74) is -0.112. The van der Waals surface area contributed by atoms with Crippen molar-refractivity contribution in [2.24, 2.45) is 0 Å². The van der Waals surface area contributed by atoms with Crippen LogP contribution in [0.15, 0.2) is 46.9 Å². The van der Waals surface area contributed by atoms with Crippen molar-refractivity contribution in [3.8, 4) is 0 Å². The van der Waals surface area contributed by atoms with Gasteiger partial charge in [-0.1, -0.05) is 28.1 Å². The minimum absolute atomic E-state index is 0.210. The lowest BCUT2D eigenvalue weighted by atomic mass is 9.92. The maximum Gasteiger partial charge on any atom is 0.131 e. The van der Waals surface area contributed by atoms with E-state index in [9.17, 15) is 13.9 Å². The van der Waals surface area contributed by atoms with E-state index in [1.807, 2.05) is 18.2 Å². The number of benzene rings is 2. The molecule has 2 aromatic carbocycles. The summed E-state index contributed by atoms with van der Waals surface area (Å²) >= 11 is 3.35. The van der Waals surface area contributed by atoms with Crippen LogP contribution < -0.4 is 5.32 Å². The molecule has 0 bridgehead atoms. The minimum atomic E-state index is -1.04. The van der Waals surface area contributed by atoms with Crippen LogP contribution in [0.1, 0.15) is 12.5 Å². The molecule has 2 N–H and O–H groups in total. The van der Waals surface area contributed by atoms with Crippen LogP contribution in [0.25, 0.3) is 0 Å². The number of halogens is 3. The molecule has 5 heteroatoms. The predicted octanol–water partition coefficient (Wildman–Crippen LogP) is 4.05. The zero-order chi connectivity index (χ0) is 14.8. The van der Waals surface area contributed by atoms with Crippen molar-refractivity contribution in [2.75, 3.05) is 11.9 Å². The molecule has 2 rings (SSSR count). The lowest BCUT2D eigenvalue weighted by Crippen LogP contribution is -2.36. The van der Waals surface area contributed by atoms with Crippen LogP contribution in [-0.2, 0) is 5.54 Å². The number of hydrogen-bond donors (Lipinski definition) is 2. The third-order valence-electron chi connectivity index (χ3n) is 3.09. The predicted molar refractivity (Wildman–Crippen MR) is 78.6 cm³/mol. The first kappa shape index (κ1) is 14.9. The molecule has 1 atom stereocenters. The van der Waals surface area contributed by atoms with E-state index in [4.69, 9.17) is 0 Å². The van der Waals surface area contributed by atoms with Crippen molar-refractivity contribution in [2.45, 2.75) is 12.5 Å². The third kappa shape index (κ3) is 3.16. The molecular formula is C15H14BrF2NO. The molecule has 1 unspecified atom stereocenters. The second-order valence-electron chi connectivity index (χ2n) is 4.75. The van der Waals surface area contributed by atoms with Crippen LogP contribution in [0, 0.1) is 11.6 Å². The van der Waals surface area contributed by atoms with E-state index in [-0.39, 0.29) is 12.2 Å². The summed E-state index contributed by atoms with van der Waals surface area (Å²) < 4.78 is 27.8. The number of aliphatic hydroxyl groups is 1. The van der Waals surface area contributed by atoms with Crippen LogP contribution in [0.2, 0.25) is 0 Å². The van der Waals surface area contributed by atoms with Crippen LogP contribution in [-0.4, -0.2) is 11.7 Å². The maximum atomic E-state index is 13.9.